The minimum Gasteiger partial charge on any atom is -0.476 e. The fraction of sp³-hybridized carbons (Fsp3) is 0.600. The van der Waals surface area contributed by atoms with Gasteiger partial charge in [0.15, 0.2) is 0 Å². The van der Waals surface area contributed by atoms with Gasteiger partial charge in [0.25, 0.3) is 0 Å². The normalized spacial score (nSPS) is 10.2. The van der Waals surface area contributed by atoms with Crippen LogP contribution in [0.25, 0.3) is 0 Å². The molecule has 0 aliphatic heterocycles. The zero-order chi connectivity index (χ0) is 11.9. The number of hydrogen-bond donors (Lipinski definition) is 1. The monoisotopic (exact) mass is 284 g/mol. The van der Waals surface area contributed by atoms with Crippen LogP contribution in [0.3, 0.4) is 0 Å². The fourth-order valence-electron chi connectivity index (χ4n) is 0.0891. The van der Waals surface area contributed by atoms with Gasteiger partial charge in [-0.3, -0.25) is 0 Å². The number of methoxy groups -OCH3 is 1. The largest absolute Gasteiger partial charge is 0.476 e. The van der Waals surface area contributed by atoms with Crippen molar-refractivity contribution < 1.29 is 37.0 Å². The molecule has 0 spiro atoms. The summed E-state index contributed by atoms with van der Waals surface area (Å²) < 4.78 is 47.9. The number of carboxylic acids is 1. The third-order valence-corrected chi connectivity index (χ3v) is 0.961. The highest BCUT2D eigenvalue weighted by molar-refractivity contribution is 9.10. The van der Waals surface area contributed by atoms with Crippen molar-refractivity contribution in [2.75, 3.05) is 7.11 Å². The number of alkyl halides is 5. The molecule has 84 valence electrons. The summed E-state index contributed by atoms with van der Waals surface area (Å²) in [6.07, 6.45) is -3.00. The Hall–Kier alpha value is -0.860. The highest BCUT2D eigenvalue weighted by Gasteiger charge is 2.34. The van der Waals surface area contributed by atoms with Gasteiger partial charge < -0.3 is 9.84 Å². The topological polar surface area (TPSA) is 63.6 Å². The van der Waals surface area contributed by atoms with E-state index in [-0.39, 0.29) is 0 Å². The summed E-state index contributed by atoms with van der Waals surface area (Å²) in [7, 11) is 0.911. The third-order valence-electron chi connectivity index (χ3n) is 0.622. The van der Waals surface area contributed by atoms with Crippen LogP contribution in [0.5, 0.6) is 0 Å². The molecule has 0 heterocycles. The summed E-state index contributed by atoms with van der Waals surface area (Å²) in [5.74, 6) is -3.66. The van der Waals surface area contributed by atoms with E-state index in [1.807, 2.05) is 0 Å². The molecule has 0 unspecified atom stereocenters. The number of halogens is 5. The van der Waals surface area contributed by atoms with Gasteiger partial charge >= 0.3 is 23.2 Å². The second kappa shape index (κ2) is 6.57. The third kappa shape index (κ3) is 9.23. The molecule has 0 fully saturated rings. The number of aliphatic carboxylic acids is 1. The van der Waals surface area contributed by atoms with Crippen molar-refractivity contribution in [3.8, 4) is 0 Å². The smallest absolute Gasteiger partial charge is 0.395 e. The second-order valence-electron chi connectivity index (χ2n) is 1.63. The van der Waals surface area contributed by atoms with Crippen LogP contribution in [0.15, 0.2) is 0 Å². The van der Waals surface area contributed by atoms with Crippen molar-refractivity contribution >= 4 is 27.9 Å². The quantitative estimate of drug-likeness (QED) is 0.474. The van der Waals surface area contributed by atoms with Gasteiger partial charge in [-0.1, -0.05) is 0 Å². The predicted octanol–water partition coefficient (Wildman–Crippen LogP) is 1.48. The highest BCUT2D eigenvalue weighted by Crippen LogP contribution is 2.20. The molecule has 14 heavy (non-hydrogen) atoms. The van der Waals surface area contributed by atoms with Gasteiger partial charge in [-0.05, 0) is 0 Å². The molecular formula is C5H5BrF4O4. The van der Waals surface area contributed by atoms with E-state index in [1.54, 1.807) is 15.9 Å². The number of carbonyl (C=O) groups is 2. The molecule has 0 aliphatic carbocycles. The van der Waals surface area contributed by atoms with Gasteiger partial charge in [-0.2, -0.15) is 17.6 Å². The Morgan fingerprint density at radius 1 is 1.43 bits per heavy atom. The number of esters is 1. The highest BCUT2D eigenvalue weighted by atomic mass is 79.9. The van der Waals surface area contributed by atoms with E-state index < -0.39 is 23.2 Å². The number of hydrogen-bond acceptors (Lipinski definition) is 3. The lowest BCUT2D eigenvalue weighted by Crippen LogP contribution is -2.18. The van der Waals surface area contributed by atoms with Gasteiger partial charge in [-0.25, -0.2) is 9.59 Å². The molecule has 0 aromatic rings. The van der Waals surface area contributed by atoms with Crippen LogP contribution in [-0.2, 0) is 14.3 Å². The summed E-state index contributed by atoms with van der Waals surface area (Å²) in [6.45, 7) is 0. The summed E-state index contributed by atoms with van der Waals surface area (Å²) in [4.78, 5) is 15.0. The van der Waals surface area contributed by atoms with Crippen LogP contribution in [0, 0.1) is 0 Å². The van der Waals surface area contributed by atoms with E-state index in [4.69, 9.17) is 5.11 Å². The Morgan fingerprint density at radius 3 is 1.71 bits per heavy atom. The van der Waals surface area contributed by atoms with Gasteiger partial charge in [0, 0.05) is 15.9 Å². The maximum absolute atomic E-state index is 11.2. The summed E-state index contributed by atoms with van der Waals surface area (Å²) >= 11 is 1.61. The molecule has 0 amide bonds. The Bertz CT molecular complexity index is 200. The zero-order valence-corrected chi connectivity index (χ0v) is 8.23. The lowest BCUT2D eigenvalue weighted by Gasteiger charge is -1.96. The second-order valence-corrected chi connectivity index (χ2v) is 2.62. The average Bonchev–Trinajstić information content (AvgIpc) is 2.02. The molecule has 0 aromatic carbocycles. The molecular weight excluding hydrogens is 280 g/mol. The summed E-state index contributed by atoms with van der Waals surface area (Å²) in [5, 5.41) is 7.45. The first kappa shape index (κ1) is 15.6. The van der Waals surface area contributed by atoms with E-state index in [2.05, 4.69) is 4.74 Å². The van der Waals surface area contributed by atoms with Gasteiger partial charge in [0.2, 0.25) is 0 Å². The molecule has 9 heteroatoms. The SMILES string of the molecule is COC(=O)C(F)F.O=C(O)C(F)(F)Br. The Kier molecular flexibility index (Phi) is 7.33. The average molecular weight is 285 g/mol. The number of ether oxygens (including phenoxy) is 1. The molecule has 0 radical (unpaired) electrons. The maximum Gasteiger partial charge on any atom is 0.395 e. The molecule has 0 aromatic heterocycles. The lowest BCUT2D eigenvalue weighted by atomic mass is 10.7. The Morgan fingerprint density at radius 2 is 1.71 bits per heavy atom. The van der Waals surface area contributed by atoms with Crippen LogP contribution in [-0.4, -0.2) is 35.4 Å². The Labute approximate surface area is 84.0 Å². The standard InChI is InChI=1S/C3H4F2O2.C2HBrF2O2/c1-7-3(6)2(4)5;3-2(4,5)1(6)7/h2H,1H3;(H,6,7). The first-order valence-electron chi connectivity index (χ1n) is 2.79. The molecule has 0 aliphatic rings. The Balaban J connectivity index is 0. The number of carboxylic acid groups (broad SMARTS) is 1. The van der Waals surface area contributed by atoms with Crippen molar-refractivity contribution in [2.45, 2.75) is 11.3 Å². The molecule has 0 saturated heterocycles. The van der Waals surface area contributed by atoms with Gasteiger partial charge in [-0.15, -0.1) is 0 Å². The maximum atomic E-state index is 11.2. The molecule has 0 rings (SSSR count). The molecule has 4 nitrogen and oxygen atoms in total. The van der Waals surface area contributed by atoms with Crippen molar-refractivity contribution in [1.29, 1.82) is 0 Å². The summed E-state index contributed by atoms with van der Waals surface area (Å²) in [5.41, 5.74) is 0. The van der Waals surface area contributed by atoms with E-state index in [0.717, 1.165) is 7.11 Å². The van der Waals surface area contributed by atoms with Crippen molar-refractivity contribution in [3.63, 3.8) is 0 Å². The van der Waals surface area contributed by atoms with E-state index in [9.17, 15) is 27.2 Å². The first-order chi connectivity index (χ1) is 6.12. The van der Waals surface area contributed by atoms with Gasteiger partial charge in [0.05, 0.1) is 7.11 Å². The van der Waals surface area contributed by atoms with E-state index >= 15 is 0 Å². The van der Waals surface area contributed by atoms with Gasteiger partial charge in [0.1, 0.15) is 0 Å². The minimum atomic E-state index is -3.77. The predicted molar refractivity (Wildman–Crippen MR) is 39.5 cm³/mol. The molecule has 0 bridgehead atoms. The molecule has 1 N–H and O–H groups in total. The van der Waals surface area contributed by atoms with Crippen LogP contribution in [0.4, 0.5) is 17.6 Å². The van der Waals surface area contributed by atoms with Crippen LogP contribution in [0.1, 0.15) is 0 Å². The molecule has 0 atom stereocenters. The zero-order valence-electron chi connectivity index (χ0n) is 6.64. The van der Waals surface area contributed by atoms with Crippen molar-refractivity contribution in [1.82, 2.24) is 0 Å². The van der Waals surface area contributed by atoms with E-state index in [0.29, 0.717) is 0 Å². The van der Waals surface area contributed by atoms with Crippen LogP contribution < -0.4 is 0 Å². The van der Waals surface area contributed by atoms with Crippen LogP contribution >= 0.6 is 15.9 Å². The van der Waals surface area contributed by atoms with Crippen molar-refractivity contribution in [2.24, 2.45) is 0 Å². The van der Waals surface area contributed by atoms with Crippen molar-refractivity contribution in [3.05, 3.63) is 0 Å². The minimum absolute atomic E-state index is 0.911. The lowest BCUT2D eigenvalue weighted by molar-refractivity contribution is -0.153. The van der Waals surface area contributed by atoms with E-state index in [1.165, 1.54) is 0 Å². The number of carbonyl (C=O) groups excluding carboxylic acids is 1. The fourth-order valence-corrected chi connectivity index (χ4v) is 0.0891. The molecule has 0 saturated carbocycles. The number of rotatable bonds is 2. The summed E-state index contributed by atoms with van der Waals surface area (Å²) in [6, 6.07) is 0. The van der Waals surface area contributed by atoms with Crippen LogP contribution in [0.2, 0.25) is 0 Å². The first-order valence-corrected chi connectivity index (χ1v) is 3.58.